The zero-order chi connectivity index (χ0) is 26.1. The van der Waals surface area contributed by atoms with E-state index in [0.29, 0.717) is 31.3 Å². The van der Waals surface area contributed by atoms with Crippen LogP contribution in [0.5, 0.6) is 0 Å². The predicted molar refractivity (Wildman–Crippen MR) is 151 cm³/mol. The minimum atomic E-state index is -0.670. The van der Waals surface area contributed by atoms with E-state index < -0.39 is 6.04 Å². The molecule has 0 saturated carbocycles. The van der Waals surface area contributed by atoms with Crippen LogP contribution in [-0.2, 0) is 4.79 Å². The molecule has 3 aromatic carbocycles. The lowest BCUT2D eigenvalue weighted by molar-refractivity contribution is -0.113. The average Bonchev–Trinajstić information content (AvgIpc) is 3.18. The maximum absolute atomic E-state index is 13.8. The summed E-state index contributed by atoms with van der Waals surface area (Å²) in [6, 6.07) is 23.8. The Hall–Kier alpha value is -3.94. The Kier molecular flexibility index (Phi) is 6.82. The van der Waals surface area contributed by atoms with Gasteiger partial charge in [-0.15, -0.1) is 0 Å². The number of aromatic nitrogens is 1. The van der Waals surface area contributed by atoms with Gasteiger partial charge in [0.1, 0.15) is 0 Å². The number of fused-ring (bicyclic) bond motifs is 1. The minimum Gasteiger partial charge on any atom is -0.378 e. The molecule has 2 heterocycles. The predicted octanol–water partition coefficient (Wildman–Crippen LogP) is 4.59. The van der Waals surface area contributed by atoms with Crippen molar-refractivity contribution in [3.63, 3.8) is 0 Å². The van der Waals surface area contributed by atoms with E-state index in [9.17, 15) is 9.59 Å². The second-order valence-electron chi connectivity index (χ2n) is 8.94. The van der Waals surface area contributed by atoms with Gasteiger partial charge in [-0.1, -0.05) is 65.4 Å². The molecule has 6 nitrogen and oxygen atoms in total. The molecule has 1 aromatic heterocycles. The zero-order valence-corrected chi connectivity index (χ0v) is 22.2. The number of rotatable bonds is 5. The normalized spacial score (nSPS) is 15.2. The minimum absolute atomic E-state index is 0.206. The summed E-state index contributed by atoms with van der Waals surface area (Å²) in [5.41, 5.74) is 4.14. The van der Waals surface area contributed by atoms with E-state index in [1.54, 1.807) is 23.6 Å². The largest absolute Gasteiger partial charge is 0.378 e. The number of carbonyl (C=O) groups is 1. The van der Waals surface area contributed by atoms with Crippen molar-refractivity contribution in [2.24, 2.45) is 4.99 Å². The zero-order valence-electron chi connectivity index (χ0n) is 20.6. The number of carbonyl (C=O) groups excluding carboxylic acids is 1. The highest BCUT2D eigenvalue weighted by Gasteiger charge is 2.32. The van der Waals surface area contributed by atoms with Crippen LogP contribution in [0.4, 0.5) is 11.4 Å². The number of allylic oxidation sites excluding steroid dienone is 1. The molecule has 4 aromatic rings. The Balaban J connectivity index is 1.65. The number of nitrogens with one attached hydrogen (secondary N) is 1. The average molecular weight is 529 g/mol. The van der Waals surface area contributed by atoms with E-state index in [4.69, 9.17) is 11.6 Å². The Morgan fingerprint density at radius 1 is 1.05 bits per heavy atom. The van der Waals surface area contributed by atoms with Crippen molar-refractivity contribution in [1.82, 2.24) is 4.57 Å². The Morgan fingerprint density at radius 2 is 1.78 bits per heavy atom. The third-order valence-electron chi connectivity index (χ3n) is 6.17. The van der Waals surface area contributed by atoms with Crippen molar-refractivity contribution in [2.45, 2.75) is 13.0 Å². The van der Waals surface area contributed by atoms with E-state index in [1.165, 1.54) is 11.3 Å². The highest BCUT2D eigenvalue weighted by molar-refractivity contribution is 7.07. The first kappa shape index (κ1) is 24.7. The first-order valence-electron chi connectivity index (χ1n) is 11.7. The van der Waals surface area contributed by atoms with Crippen molar-refractivity contribution in [3.8, 4) is 0 Å². The van der Waals surface area contributed by atoms with Crippen LogP contribution < -0.4 is 25.1 Å². The summed E-state index contributed by atoms with van der Waals surface area (Å²) in [6.45, 7) is 1.80. The van der Waals surface area contributed by atoms with E-state index in [1.807, 2.05) is 91.8 Å². The van der Waals surface area contributed by atoms with Crippen LogP contribution in [0.2, 0.25) is 5.02 Å². The standard InChI is InChI=1S/C29H25ClN4O2S/c1-18-25(27(35)32-22-10-5-4-6-11-22)26(20-8-7-9-21(30)17-20)34-28(36)24(37-29(34)31-18)16-19-12-14-23(15-13-19)33(2)3/h4-17,26H,1-3H3,(H,32,35)/b24-16+/t26-/m1/s1. The molecule has 8 heteroatoms. The van der Waals surface area contributed by atoms with Crippen LogP contribution in [0, 0.1) is 0 Å². The number of amides is 1. The van der Waals surface area contributed by atoms with Crippen LogP contribution in [0.1, 0.15) is 24.1 Å². The molecule has 0 radical (unpaired) electrons. The number of hydrogen-bond acceptors (Lipinski definition) is 5. The molecule has 1 aliphatic rings. The van der Waals surface area contributed by atoms with Crippen molar-refractivity contribution in [3.05, 3.63) is 126 Å². The molecule has 1 aliphatic heterocycles. The number of nitrogens with zero attached hydrogens (tertiary/aromatic N) is 3. The third kappa shape index (κ3) is 5.01. The summed E-state index contributed by atoms with van der Waals surface area (Å²) >= 11 is 7.65. The molecule has 186 valence electrons. The molecule has 37 heavy (non-hydrogen) atoms. The van der Waals surface area contributed by atoms with Gasteiger partial charge >= 0.3 is 0 Å². The van der Waals surface area contributed by atoms with Crippen molar-refractivity contribution >= 4 is 46.3 Å². The van der Waals surface area contributed by atoms with Crippen molar-refractivity contribution in [2.75, 3.05) is 24.3 Å². The molecule has 0 unspecified atom stereocenters. The van der Waals surface area contributed by atoms with Gasteiger partial charge in [0.05, 0.1) is 21.8 Å². The van der Waals surface area contributed by atoms with Crippen molar-refractivity contribution in [1.29, 1.82) is 0 Å². The topological polar surface area (TPSA) is 66.7 Å². The summed E-state index contributed by atoms with van der Waals surface area (Å²) in [5.74, 6) is -0.314. The molecule has 0 fully saturated rings. The van der Waals surface area contributed by atoms with Crippen LogP contribution in [0.15, 0.2) is 99.9 Å². The van der Waals surface area contributed by atoms with E-state index >= 15 is 0 Å². The van der Waals surface area contributed by atoms with Gasteiger partial charge in [0.2, 0.25) is 0 Å². The van der Waals surface area contributed by atoms with Crippen LogP contribution in [0.25, 0.3) is 6.08 Å². The van der Waals surface area contributed by atoms with Gasteiger partial charge in [0.15, 0.2) is 4.80 Å². The smallest absolute Gasteiger partial charge is 0.271 e. The maximum Gasteiger partial charge on any atom is 0.271 e. The summed E-state index contributed by atoms with van der Waals surface area (Å²) < 4.78 is 2.14. The highest BCUT2D eigenvalue weighted by Crippen LogP contribution is 2.32. The molecule has 1 atom stereocenters. The number of benzene rings is 3. The Morgan fingerprint density at radius 3 is 2.46 bits per heavy atom. The monoisotopic (exact) mass is 528 g/mol. The van der Waals surface area contributed by atoms with E-state index in [0.717, 1.165) is 16.8 Å². The van der Waals surface area contributed by atoms with Gasteiger partial charge in [0.25, 0.3) is 11.5 Å². The van der Waals surface area contributed by atoms with Gasteiger partial charge in [-0.05, 0) is 60.5 Å². The summed E-state index contributed by atoms with van der Waals surface area (Å²) in [5, 5.41) is 3.48. The highest BCUT2D eigenvalue weighted by atomic mass is 35.5. The fourth-order valence-electron chi connectivity index (χ4n) is 4.34. The molecule has 0 bridgehead atoms. The van der Waals surface area contributed by atoms with Gasteiger partial charge < -0.3 is 10.2 Å². The number of hydrogen-bond donors (Lipinski definition) is 1. The Bertz CT molecular complexity index is 1690. The molecule has 0 spiro atoms. The van der Waals surface area contributed by atoms with Crippen LogP contribution in [0.3, 0.4) is 0 Å². The van der Waals surface area contributed by atoms with Gasteiger partial charge in [-0.3, -0.25) is 14.2 Å². The van der Waals surface area contributed by atoms with E-state index in [-0.39, 0.29) is 11.5 Å². The third-order valence-corrected chi connectivity index (χ3v) is 7.39. The van der Waals surface area contributed by atoms with Crippen molar-refractivity contribution < 1.29 is 4.79 Å². The Labute approximate surface area is 223 Å². The van der Waals surface area contributed by atoms with Crippen LogP contribution in [-0.4, -0.2) is 24.6 Å². The first-order chi connectivity index (χ1) is 17.8. The summed E-state index contributed by atoms with van der Waals surface area (Å²) in [7, 11) is 3.97. The molecule has 0 saturated heterocycles. The fraction of sp³-hybridized carbons (Fsp3) is 0.138. The number of anilines is 2. The van der Waals surface area contributed by atoms with Crippen LogP contribution >= 0.6 is 22.9 Å². The second-order valence-corrected chi connectivity index (χ2v) is 10.4. The maximum atomic E-state index is 13.8. The van der Waals surface area contributed by atoms with Gasteiger partial charge in [-0.2, -0.15) is 0 Å². The fourth-order valence-corrected chi connectivity index (χ4v) is 5.59. The van der Waals surface area contributed by atoms with Gasteiger partial charge in [-0.25, -0.2) is 4.99 Å². The molecular formula is C29H25ClN4O2S. The lowest BCUT2D eigenvalue weighted by atomic mass is 9.95. The SMILES string of the molecule is CC1=C(C(=O)Nc2ccccc2)[C@@H](c2cccc(Cl)c2)n2c(s/c(=C/c3ccc(N(C)C)cc3)c2=O)=N1. The first-order valence-corrected chi connectivity index (χ1v) is 12.9. The summed E-state index contributed by atoms with van der Waals surface area (Å²) in [4.78, 5) is 34.6. The second kappa shape index (κ2) is 10.2. The lowest BCUT2D eigenvalue weighted by Gasteiger charge is -2.25. The molecular weight excluding hydrogens is 504 g/mol. The molecule has 1 amide bonds. The number of thiazole rings is 1. The number of para-hydroxylation sites is 1. The number of halogens is 1. The van der Waals surface area contributed by atoms with E-state index in [2.05, 4.69) is 10.3 Å². The molecule has 5 rings (SSSR count). The van der Waals surface area contributed by atoms with Gasteiger partial charge in [0, 0.05) is 30.5 Å². The summed E-state index contributed by atoms with van der Waals surface area (Å²) in [6.07, 6.45) is 1.86. The molecule has 0 aliphatic carbocycles. The quantitative estimate of drug-likeness (QED) is 0.412. The lowest BCUT2D eigenvalue weighted by Crippen LogP contribution is -2.40. The molecule has 1 N–H and O–H groups in total.